The van der Waals surface area contributed by atoms with Crippen molar-refractivity contribution < 1.29 is 13.9 Å². The van der Waals surface area contributed by atoms with E-state index in [4.69, 9.17) is 9.72 Å². The van der Waals surface area contributed by atoms with Crippen molar-refractivity contribution in [2.75, 3.05) is 39.4 Å². The van der Waals surface area contributed by atoms with Crippen molar-refractivity contribution >= 4 is 16.9 Å². The van der Waals surface area contributed by atoms with E-state index in [1.54, 1.807) is 12.1 Å². The number of rotatable bonds is 6. The van der Waals surface area contributed by atoms with E-state index in [2.05, 4.69) is 15.5 Å². The molecule has 2 aliphatic rings. The lowest BCUT2D eigenvalue weighted by atomic mass is 10.1. The van der Waals surface area contributed by atoms with Crippen molar-refractivity contribution in [2.24, 2.45) is 0 Å². The van der Waals surface area contributed by atoms with Crippen LogP contribution in [0.5, 0.6) is 0 Å². The second kappa shape index (κ2) is 8.77. The average Bonchev–Trinajstić information content (AvgIpc) is 3.35. The molecule has 0 bridgehead atoms. The summed E-state index contributed by atoms with van der Waals surface area (Å²) in [6, 6.07) is 14.6. The van der Waals surface area contributed by atoms with Crippen LogP contribution in [0.2, 0.25) is 0 Å². The molecule has 2 aromatic carbocycles. The average molecular weight is 423 g/mol. The van der Waals surface area contributed by atoms with Crippen LogP contribution >= 0.6 is 0 Å². The van der Waals surface area contributed by atoms with Gasteiger partial charge in [0.1, 0.15) is 11.6 Å². The number of hydrogen-bond acceptors (Lipinski definition) is 4. The Balaban J connectivity index is 1.36. The molecular weight excluding hydrogens is 395 g/mol. The number of amides is 1. The highest BCUT2D eigenvalue weighted by Crippen LogP contribution is 2.31. The number of imidazole rings is 1. The van der Waals surface area contributed by atoms with Gasteiger partial charge in [0.05, 0.1) is 24.2 Å². The fraction of sp³-hybridized carbons (Fsp3) is 0.417. The number of ether oxygens (including phenoxy) is 1. The van der Waals surface area contributed by atoms with Crippen LogP contribution in [0, 0.1) is 5.82 Å². The summed E-state index contributed by atoms with van der Waals surface area (Å²) in [6.45, 7) is 6.40. The number of nitrogens with zero attached hydrogens (tertiary/aromatic N) is 4. The number of hydrogen-bond donors (Lipinski definition) is 0. The number of likely N-dealkylation sites (tertiary alicyclic amines) is 1. The van der Waals surface area contributed by atoms with Gasteiger partial charge in [-0.2, -0.15) is 0 Å². The van der Waals surface area contributed by atoms with Gasteiger partial charge in [0.15, 0.2) is 0 Å². The third kappa shape index (κ3) is 4.34. The molecule has 0 radical (unpaired) electrons. The van der Waals surface area contributed by atoms with Crippen LogP contribution in [0.3, 0.4) is 0 Å². The van der Waals surface area contributed by atoms with Gasteiger partial charge in [-0.15, -0.1) is 0 Å². The SMILES string of the molecule is O=C1C[C@H](c2nc3ccccc3n2CCN2CCOCC2)CN1Cc1ccc(F)cc1. The van der Waals surface area contributed by atoms with Gasteiger partial charge in [0, 0.05) is 51.6 Å². The summed E-state index contributed by atoms with van der Waals surface area (Å²) in [5, 5.41) is 0. The van der Waals surface area contributed by atoms with Crippen LogP contribution in [-0.4, -0.2) is 64.7 Å². The van der Waals surface area contributed by atoms with Crippen LogP contribution in [0.15, 0.2) is 48.5 Å². The Bertz CT molecular complexity index is 1060. The Morgan fingerprint density at radius 3 is 2.61 bits per heavy atom. The third-order valence-electron chi connectivity index (χ3n) is 6.29. The van der Waals surface area contributed by atoms with Gasteiger partial charge in [-0.1, -0.05) is 24.3 Å². The van der Waals surface area contributed by atoms with Crippen LogP contribution in [0.4, 0.5) is 4.39 Å². The molecule has 5 rings (SSSR count). The molecule has 162 valence electrons. The van der Waals surface area contributed by atoms with Crippen LogP contribution in [0.25, 0.3) is 11.0 Å². The summed E-state index contributed by atoms with van der Waals surface area (Å²) in [4.78, 5) is 22.0. The predicted molar refractivity (Wildman–Crippen MR) is 116 cm³/mol. The number of halogens is 1. The van der Waals surface area contributed by atoms with Gasteiger partial charge >= 0.3 is 0 Å². The third-order valence-corrected chi connectivity index (χ3v) is 6.29. The van der Waals surface area contributed by atoms with Gasteiger partial charge in [0.2, 0.25) is 5.91 Å². The van der Waals surface area contributed by atoms with Crippen molar-refractivity contribution in [3.05, 3.63) is 65.7 Å². The maximum Gasteiger partial charge on any atom is 0.223 e. The topological polar surface area (TPSA) is 50.6 Å². The van der Waals surface area contributed by atoms with Crippen LogP contribution < -0.4 is 0 Å². The first-order valence-electron chi connectivity index (χ1n) is 10.9. The van der Waals surface area contributed by atoms with E-state index in [9.17, 15) is 9.18 Å². The fourth-order valence-corrected chi connectivity index (χ4v) is 4.62. The van der Waals surface area contributed by atoms with Crippen molar-refractivity contribution in [1.29, 1.82) is 0 Å². The van der Waals surface area contributed by atoms with Gasteiger partial charge in [-0.3, -0.25) is 9.69 Å². The normalized spacial score (nSPS) is 20.1. The lowest BCUT2D eigenvalue weighted by Crippen LogP contribution is -2.38. The Morgan fingerprint density at radius 2 is 1.81 bits per heavy atom. The van der Waals surface area contributed by atoms with E-state index in [0.717, 1.165) is 61.8 Å². The molecule has 3 aromatic rings. The van der Waals surface area contributed by atoms with Gasteiger partial charge in [-0.25, -0.2) is 9.37 Å². The Kier molecular flexibility index (Phi) is 5.70. The minimum Gasteiger partial charge on any atom is -0.379 e. The zero-order valence-electron chi connectivity index (χ0n) is 17.5. The highest BCUT2D eigenvalue weighted by molar-refractivity contribution is 5.81. The zero-order valence-corrected chi connectivity index (χ0v) is 17.5. The Labute approximate surface area is 181 Å². The minimum absolute atomic E-state index is 0.0602. The predicted octanol–water partition coefficient (Wildman–Crippen LogP) is 3.02. The molecular formula is C24H27FN4O2. The summed E-state index contributed by atoms with van der Waals surface area (Å²) in [7, 11) is 0. The summed E-state index contributed by atoms with van der Waals surface area (Å²) < 4.78 is 21.0. The molecule has 0 N–H and O–H groups in total. The molecule has 2 saturated heterocycles. The standard InChI is InChI=1S/C24H27FN4O2/c25-20-7-5-18(6-8-20)16-28-17-19(15-23(28)30)24-26-21-3-1-2-4-22(21)29(24)10-9-27-11-13-31-14-12-27/h1-8,19H,9-17H2/t19-/m0/s1. The summed E-state index contributed by atoms with van der Waals surface area (Å²) in [5.41, 5.74) is 3.04. The molecule has 0 aliphatic carbocycles. The maximum absolute atomic E-state index is 13.2. The van der Waals surface area contributed by atoms with Crippen molar-refractivity contribution in [3.8, 4) is 0 Å². The van der Waals surface area contributed by atoms with Crippen molar-refractivity contribution in [1.82, 2.24) is 19.4 Å². The molecule has 2 aliphatic heterocycles. The van der Waals surface area contributed by atoms with E-state index in [-0.39, 0.29) is 17.6 Å². The number of morpholine rings is 1. The molecule has 1 amide bonds. The van der Waals surface area contributed by atoms with Gasteiger partial charge in [-0.05, 0) is 29.8 Å². The minimum atomic E-state index is -0.261. The van der Waals surface area contributed by atoms with Crippen LogP contribution in [-0.2, 0) is 22.6 Å². The molecule has 2 fully saturated rings. The lowest BCUT2D eigenvalue weighted by molar-refractivity contribution is -0.128. The maximum atomic E-state index is 13.2. The highest BCUT2D eigenvalue weighted by atomic mass is 19.1. The number of aromatic nitrogens is 2. The lowest BCUT2D eigenvalue weighted by Gasteiger charge is -2.27. The number of para-hydroxylation sites is 2. The summed E-state index contributed by atoms with van der Waals surface area (Å²) in [5.74, 6) is 0.916. The zero-order chi connectivity index (χ0) is 21.2. The molecule has 7 heteroatoms. The molecule has 1 aromatic heterocycles. The summed E-state index contributed by atoms with van der Waals surface area (Å²) >= 11 is 0. The monoisotopic (exact) mass is 422 g/mol. The molecule has 0 unspecified atom stereocenters. The van der Waals surface area contributed by atoms with Gasteiger partial charge < -0.3 is 14.2 Å². The van der Waals surface area contributed by atoms with E-state index in [1.807, 2.05) is 23.1 Å². The fourth-order valence-electron chi connectivity index (χ4n) is 4.62. The molecule has 31 heavy (non-hydrogen) atoms. The second-order valence-electron chi connectivity index (χ2n) is 8.37. The largest absolute Gasteiger partial charge is 0.379 e. The Hall–Kier alpha value is -2.77. The second-order valence-corrected chi connectivity index (χ2v) is 8.37. The first-order chi connectivity index (χ1) is 15.2. The molecule has 3 heterocycles. The van der Waals surface area contributed by atoms with Crippen molar-refractivity contribution in [2.45, 2.75) is 25.4 Å². The smallest absolute Gasteiger partial charge is 0.223 e. The number of benzene rings is 2. The molecule has 1 atom stereocenters. The molecule has 6 nitrogen and oxygen atoms in total. The molecule has 0 spiro atoms. The first-order valence-corrected chi connectivity index (χ1v) is 10.9. The van der Waals surface area contributed by atoms with E-state index in [0.29, 0.717) is 19.5 Å². The van der Waals surface area contributed by atoms with Crippen molar-refractivity contribution in [3.63, 3.8) is 0 Å². The van der Waals surface area contributed by atoms with E-state index < -0.39 is 0 Å². The number of carbonyl (C=O) groups is 1. The van der Waals surface area contributed by atoms with Crippen LogP contribution in [0.1, 0.15) is 23.7 Å². The van der Waals surface area contributed by atoms with E-state index >= 15 is 0 Å². The number of fused-ring (bicyclic) bond motifs is 1. The van der Waals surface area contributed by atoms with E-state index in [1.165, 1.54) is 12.1 Å². The quantitative estimate of drug-likeness (QED) is 0.613. The number of carbonyl (C=O) groups excluding carboxylic acids is 1. The molecule has 0 saturated carbocycles. The van der Waals surface area contributed by atoms with Gasteiger partial charge in [0.25, 0.3) is 0 Å². The highest BCUT2D eigenvalue weighted by Gasteiger charge is 2.34. The first kappa shape index (κ1) is 20.2. The summed E-state index contributed by atoms with van der Waals surface area (Å²) in [6.07, 6.45) is 0.460. The Morgan fingerprint density at radius 1 is 1.03 bits per heavy atom.